The molecular formula is C15H20BrN3O3. The molecule has 0 unspecified atom stereocenters. The van der Waals surface area contributed by atoms with Crippen LogP contribution in [0, 0.1) is 11.5 Å². The first kappa shape index (κ1) is 20.1. The van der Waals surface area contributed by atoms with E-state index >= 15 is 0 Å². The number of esters is 1. The molecule has 1 aromatic heterocycles. The summed E-state index contributed by atoms with van der Waals surface area (Å²) in [6.45, 7) is 7.94. The molecule has 0 spiro atoms. The number of carbonyl (C=O) groups is 2. The molecule has 0 fully saturated rings. The highest BCUT2D eigenvalue weighted by atomic mass is 79.9. The van der Waals surface area contributed by atoms with Gasteiger partial charge in [0.1, 0.15) is 5.69 Å². The molecule has 0 saturated heterocycles. The predicted molar refractivity (Wildman–Crippen MR) is 86.1 cm³/mol. The Labute approximate surface area is 139 Å². The highest BCUT2D eigenvalue weighted by Crippen LogP contribution is 2.16. The van der Waals surface area contributed by atoms with E-state index in [9.17, 15) is 9.59 Å². The van der Waals surface area contributed by atoms with Crippen LogP contribution in [0.3, 0.4) is 0 Å². The van der Waals surface area contributed by atoms with Crippen LogP contribution < -0.4 is 5.32 Å². The molecule has 0 saturated carbocycles. The highest BCUT2D eigenvalue weighted by Gasteiger charge is 2.18. The minimum absolute atomic E-state index is 0.0578. The van der Waals surface area contributed by atoms with E-state index in [1.165, 1.54) is 18.4 Å². The number of aromatic nitrogens is 1. The molecule has 0 atom stereocenters. The van der Waals surface area contributed by atoms with Crippen molar-refractivity contribution in [3.05, 3.63) is 28.0 Å². The van der Waals surface area contributed by atoms with E-state index in [1.807, 2.05) is 27.7 Å². The van der Waals surface area contributed by atoms with Crippen LogP contribution in [0.5, 0.6) is 0 Å². The molecule has 7 heteroatoms. The molecule has 1 N–H and O–H groups in total. The Hall–Kier alpha value is -1.94. The van der Waals surface area contributed by atoms with Crippen molar-refractivity contribution < 1.29 is 14.3 Å². The summed E-state index contributed by atoms with van der Waals surface area (Å²) in [6, 6.07) is 3.07. The summed E-state index contributed by atoms with van der Waals surface area (Å²) in [6.07, 6.45) is 2.90. The Morgan fingerprint density at radius 2 is 1.95 bits per heavy atom. The lowest BCUT2D eigenvalue weighted by Crippen LogP contribution is -2.34. The first-order valence-electron chi connectivity index (χ1n) is 7.11. The van der Waals surface area contributed by atoms with Crippen molar-refractivity contribution in [3.63, 3.8) is 0 Å². The van der Waals surface area contributed by atoms with E-state index < -0.39 is 5.97 Å². The first-order chi connectivity index (χ1) is 10.5. The maximum atomic E-state index is 12.0. The number of hydrogen-bond donors (Lipinski definition) is 1. The minimum atomic E-state index is -0.906. The minimum Gasteiger partial charge on any atom is -0.348 e. The molecule has 0 bridgehead atoms. The van der Waals surface area contributed by atoms with Gasteiger partial charge in [0.2, 0.25) is 0 Å². The maximum absolute atomic E-state index is 12.0. The second-order valence-corrected chi connectivity index (χ2v) is 4.85. The van der Waals surface area contributed by atoms with Crippen LogP contribution in [0.1, 0.15) is 61.5 Å². The zero-order valence-corrected chi connectivity index (χ0v) is 14.7. The highest BCUT2D eigenvalue weighted by molar-refractivity contribution is 9.10. The van der Waals surface area contributed by atoms with Gasteiger partial charge in [0.05, 0.1) is 4.47 Å². The topological polar surface area (TPSA) is 92.1 Å². The second-order valence-electron chi connectivity index (χ2n) is 3.99. The molecule has 1 rings (SSSR count). The number of nitriles is 1. The monoisotopic (exact) mass is 369 g/mol. The van der Waals surface area contributed by atoms with Crippen molar-refractivity contribution in [2.24, 2.45) is 0 Å². The molecule has 0 radical (unpaired) electrons. The van der Waals surface area contributed by atoms with E-state index in [2.05, 4.69) is 31.0 Å². The van der Waals surface area contributed by atoms with E-state index in [1.54, 1.807) is 0 Å². The number of amides is 1. The number of ether oxygens (including phenoxy) is 1. The summed E-state index contributed by atoms with van der Waals surface area (Å²) in [5, 5.41) is 11.2. The molecule has 6 nitrogen and oxygen atoms in total. The molecule has 0 aliphatic carbocycles. The molecule has 1 aromatic rings. The van der Waals surface area contributed by atoms with Crippen LogP contribution in [0.4, 0.5) is 0 Å². The molecule has 1 amide bonds. The van der Waals surface area contributed by atoms with Gasteiger partial charge in [-0.05, 0) is 40.9 Å². The predicted octanol–water partition coefficient (Wildman–Crippen LogP) is 3.43. The lowest BCUT2D eigenvalue weighted by Gasteiger charge is -2.14. The average Bonchev–Trinajstić information content (AvgIpc) is 2.54. The maximum Gasteiger partial charge on any atom is 0.373 e. The van der Waals surface area contributed by atoms with Gasteiger partial charge in [-0.15, -0.1) is 5.26 Å². The number of carbonyl (C=O) groups excluding carboxylic acids is 2. The van der Waals surface area contributed by atoms with E-state index in [0.717, 1.165) is 12.8 Å². The molecule has 0 aliphatic heterocycles. The molecule has 22 heavy (non-hydrogen) atoms. The standard InChI is InChI=1S/C13H14BrN3O3.C2H6/c1-3-8(4-2)16-12(18)10-6-5-9(14)11(17-10)13(19)20-7-15;1-2/h5-6,8H,3-4H2,1-2H3,(H,16,18);1-2H3. The van der Waals surface area contributed by atoms with Crippen molar-refractivity contribution in [2.45, 2.75) is 46.6 Å². The van der Waals surface area contributed by atoms with Gasteiger partial charge in [-0.1, -0.05) is 27.7 Å². The molecule has 0 aliphatic rings. The van der Waals surface area contributed by atoms with Gasteiger partial charge in [0.15, 0.2) is 5.69 Å². The van der Waals surface area contributed by atoms with Crippen molar-refractivity contribution in [3.8, 4) is 6.26 Å². The third kappa shape index (κ3) is 5.82. The molecule has 1 heterocycles. The Morgan fingerprint density at radius 1 is 1.36 bits per heavy atom. The van der Waals surface area contributed by atoms with Crippen molar-refractivity contribution >= 4 is 27.8 Å². The number of nitrogens with zero attached hydrogens (tertiary/aromatic N) is 2. The molecule has 0 aromatic carbocycles. The van der Waals surface area contributed by atoms with Crippen LogP contribution in [0.15, 0.2) is 16.6 Å². The summed E-state index contributed by atoms with van der Waals surface area (Å²) in [7, 11) is 0. The van der Waals surface area contributed by atoms with Crippen molar-refractivity contribution in [2.75, 3.05) is 0 Å². The average molecular weight is 370 g/mol. The third-order valence-electron chi connectivity index (χ3n) is 2.73. The summed E-state index contributed by atoms with van der Waals surface area (Å²) < 4.78 is 4.57. The van der Waals surface area contributed by atoms with Gasteiger partial charge in [-0.3, -0.25) is 4.79 Å². The summed E-state index contributed by atoms with van der Waals surface area (Å²) in [5.74, 6) is -1.27. The summed E-state index contributed by atoms with van der Waals surface area (Å²) in [5.41, 5.74) is -0.00580. The first-order valence-corrected chi connectivity index (χ1v) is 7.90. The molecule has 120 valence electrons. The SMILES string of the molecule is CC.CCC(CC)NC(=O)c1ccc(Br)c(C(=O)OC#N)n1. The van der Waals surface area contributed by atoms with Crippen LogP contribution >= 0.6 is 15.9 Å². The van der Waals surface area contributed by atoms with Gasteiger partial charge in [-0.2, -0.15) is 0 Å². The van der Waals surface area contributed by atoms with Gasteiger partial charge >= 0.3 is 5.97 Å². The van der Waals surface area contributed by atoms with Crippen LogP contribution in [0.25, 0.3) is 0 Å². The van der Waals surface area contributed by atoms with Crippen LogP contribution in [0.2, 0.25) is 0 Å². The van der Waals surface area contributed by atoms with E-state index in [0.29, 0.717) is 4.47 Å². The van der Waals surface area contributed by atoms with Gasteiger partial charge in [0, 0.05) is 6.04 Å². The van der Waals surface area contributed by atoms with E-state index in [4.69, 9.17) is 5.26 Å². The Kier molecular flexibility index (Phi) is 9.79. The lowest BCUT2D eigenvalue weighted by molar-refractivity contribution is 0.0677. The third-order valence-corrected chi connectivity index (χ3v) is 3.37. The van der Waals surface area contributed by atoms with E-state index in [-0.39, 0.29) is 23.3 Å². The summed E-state index contributed by atoms with van der Waals surface area (Å²) >= 11 is 3.12. The number of nitrogens with one attached hydrogen (secondary N) is 1. The fourth-order valence-corrected chi connectivity index (χ4v) is 1.94. The number of halogens is 1. The number of pyridine rings is 1. The van der Waals surface area contributed by atoms with Gasteiger partial charge in [0.25, 0.3) is 12.2 Å². The number of rotatable bonds is 5. The zero-order chi connectivity index (χ0) is 17.1. The Morgan fingerprint density at radius 3 is 2.45 bits per heavy atom. The van der Waals surface area contributed by atoms with Crippen molar-refractivity contribution in [1.29, 1.82) is 5.26 Å². The zero-order valence-electron chi connectivity index (χ0n) is 13.1. The fourth-order valence-electron chi connectivity index (χ4n) is 1.55. The smallest absolute Gasteiger partial charge is 0.348 e. The number of hydrogen-bond acceptors (Lipinski definition) is 5. The van der Waals surface area contributed by atoms with Crippen LogP contribution in [-0.4, -0.2) is 22.9 Å². The van der Waals surface area contributed by atoms with Crippen LogP contribution in [-0.2, 0) is 4.74 Å². The largest absolute Gasteiger partial charge is 0.373 e. The Bertz CT molecular complexity index is 551. The summed E-state index contributed by atoms with van der Waals surface area (Å²) in [4.78, 5) is 27.4. The lowest BCUT2D eigenvalue weighted by atomic mass is 10.1. The van der Waals surface area contributed by atoms with Crippen molar-refractivity contribution in [1.82, 2.24) is 10.3 Å². The molecular weight excluding hydrogens is 350 g/mol. The second kappa shape index (κ2) is 10.7. The fraction of sp³-hybridized carbons (Fsp3) is 0.467. The van der Waals surface area contributed by atoms with Gasteiger partial charge in [-0.25, -0.2) is 9.78 Å². The Balaban J connectivity index is 0.00000211. The quantitative estimate of drug-likeness (QED) is 0.633. The normalized spacial score (nSPS) is 9.32. The van der Waals surface area contributed by atoms with Gasteiger partial charge < -0.3 is 10.1 Å².